The highest BCUT2D eigenvalue weighted by Gasteiger charge is 2.20. The zero-order chi connectivity index (χ0) is 8.27. The highest BCUT2D eigenvalue weighted by atomic mass is 15.0. The molecule has 2 atom stereocenters. The number of rotatable bonds is 3. The maximum Gasteiger partial charge on any atom is 0.00415 e. The molecule has 0 aliphatic heterocycles. The van der Waals surface area contributed by atoms with Gasteiger partial charge in [-0.25, -0.2) is 0 Å². The first-order valence-electron chi connectivity index (χ1n) is 4.59. The second kappa shape index (κ2) is 4.07. The van der Waals surface area contributed by atoms with Crippen molar-refractivity contribution < 1.29 is 0 Å². The molecule has 1 aliphatic carbocycles. The van der Waals surface area contributed by atoms with Crippen molar-refractivity contribution in [2.45, 2.75) is 31.7 Å². The van der Waals surface area contributed by atoms with Gasteiger partial charge in [0.1, 0.15) is 0 Å². The predicted molar refractivity (Wildman–Crippen MR) is 48.5 cm³/mol. The fourth-order valence-electron chi connectivity index (χ4n) is 1.82. The van der Waals surface area contributed by atoms with Crippen LogP contribution in [0.2, 0.25) is 0 Å². The minimum absolute atomic E-state index is 0.502. The molecule has 2 heteroatoms. The molecule has 0 radical (unpaired) electrons. The molecule has 1 aliphatic rings. The van der Waals surface area contributed by atoms with Gasteiger partial charge in [-0.15, -0.1) is 0 Å². The Morgan fingerprint density at radius 1 is 1.36 bits per heavy atom. The monoisotopic (exact) mass is 156 g/mol. The molecule has 66 valence electrons. The van der Waals surface area contributed by atoms with Crippen LogP contribution in [0.15, 0.2) is 0 Å². The van der Waals surface area contributed by atoms with Crippen LogP contribution in [0.3, 0.4) is 0 Å². The van der Waals surface area contributed by atoms with Gasteiger partial charge in [0.15, 0.2) is 0 Å². The van der Waals surface area contributed by atoms with Crippen LogP contribution in [0.1, 0.15) is 25.7 Å². The maximum atomic E-state index is 5.82. The van der Waals surface area contributed by atoms with E-state index < -0.39 is 0 Å². The lowest BCUT2D eigenvalue weighted by molar-refractivity contribution is 0.351. The summed E-state index contributed by atoms with van der Waals surface area (Å²) in [6.45, 7) is 1.22. The molecule has 11 heavy (non-hydrogen) atoms. The lowest BCUT2D eigenvalue weighted by atomic mass is 10.0. The van der Waals surface area contributed by atoms with E-state index in [1.165, 1.54) is 32.2 Å². The summed E-state index contributed by atoms with van der Waals surface area (Å²) in [5.74, 6) is 0.910. The van der Waals surface area contributed by atoms with Crippen molar-refractivity contribution in [3.8, 4) is 0 Å². The zero-order valence-corrected chi connectivity index (χ0v) is 7.71. The lowest BCUT2D eigenvalue weighted by Crippen LogP contribution is -2.18. The Bertz CT molecular complexity index is 112. The summed E-state index contributed by atoms with van der Waals surface area (Å²) >= 11 is 0. The first-order valence-corrected chi connectivity index (χ1v) is 4.59. The molecular formula is C9H20N2. The van der Waals surface area contributed by atoms with Crippen LogP contribution in [-0.4, -0.2) is 31.6 Å². The van der Waals surface area contributed by atoms with Crippen molar-refractivity contribution in [1.29, 1.82) is 0 Å². The Kier molecular flexibility index (Phi) is 3.34. The van der Waals surface area contributed by atoms with E-state index in [0.29, 0.717) is 6.04 Å². The van der Waals surface area contributed by atoms with Gasteiger partial charge in [-0.1, -0.05) is 0 Å². The standard InChI is InChI=1S/C9H20N2/c1-11(2)6-5-8-3-4-9(10)7-8/h8-9H,3-7,10H2,1-2H3. The molecule has 1 fully saturated rings. The van der Waals surface area contributed by atoms with Gasteiger partial charge >= 0.3 is 0 Å². The van der Waals surface area contributed by atoms with Crippen molar-refractivity contribution in [1.82, 2.24) is 4.90 Å². The summed E-state index contributed by atoms with van der Waals surface area (Å²) in [5, 5.41) is 0. The molecule has 0 aromatic heterocycles. The molecule has 0 heterocycles. The van der Waals surface area contributed by atoms with Gasteiger partial charge in [-0.05, 0) is 52.2 Å². The van der Waals surface area contributed by atoms with Crippen LogP contribution in [-0.2, 0) is 0 Å². The van der Waals surface area contributed by atoms with Gasteiger partial charge in [0.25, 0.3) is 0 Å². The fourth-order valence-corrected chi connectivity index (χ4v) is 1.82. The average molecular weight is 156 g/mol. The first-order chi connectivity index (χ1) is 5.18. The molecule has 0 spiro atoms. The molecule has 1 rings (SSSR count). The second-order valence-electron chi connectivity index (χ2n) is 4.03. The molecule has 0 bridgehead atoms. The Balaban J connectivity index is 2.08. The molecule has 2 unspecified atom stereocenters. The Hall–Kier alpha value is -0.0800. The van der Waals surface area contributed by atoms with Crippen LogP contribution in [0.25, 0.3) is 0 Å². The van der Waals surface area contributed by atoms with E-state index in [1.807, 2.05) is 0 Å². The molecular weight excluding hydrogens is 136 g/mol. The van der Waals surface area contributed by atoms with Crippen LogP contribution in [0.4, 0.5) is 0 Å². The van der Waals surface area contributed by atoms with Crippen LogP contribution >= 0.6 is 0 Å². The molecule has 2 N–H and O–H groups in total. The van der Waals surface area contributed by atoms with E-state index >= 15 is 0 Å². The highest BCUT2D eigenvalue weighted by Crippen LogP contribution is 2.26. The van der Waals surface area contributed by atoms with Crippen molar-refractivity contribution in [3.63, 3.8) is 0 Å². The fraction of sp³-hybridized carbons (Fsp3) is 1.00. The molecule has 2 nitrogen and oxygen atoms in total. The van der Waals surface area contributed by atoms with Crippen molar-refractivity contribution in [2.75, 3.05) is 20.6 Å². The number of hydrogen-bond acceptors (Lipinski definition) is 2. The molecule has 0 amide bonds. The SMILES string of the molecule is CN(C)CCC1CCC(N)C1. The zero-order valence-electron chi connectivity index (χ0n) is 7.71. The predicted octanol–water partition coefficient (Wildman–Crippen LogP) is 1.07. The van der Waals surface area contributed by atoms with E-state index in [0.717, 1.165) is 5.92 Å². The quantitative estimate of drug-likeness (QED) is 0.662. The summed E-state index contributed by atoms with van der Waals surface area (Å²) in [5.41, 5.74) is 5.82. The summed E-state index contributed by atoms with van der Waals surface area (Å²) in [7, 11) is 4.27. The minimum Gasteiger partial charge on any atom is -0.328 e. The summed E-state index contributed by atoms with van der Waals surface area (Å²) in [4.78, 5) is 2.25. The van der Waals surface area contributed by atoms with Crippen LogP contribution in [0.5, 0.6) is 0 Å². The Morgan fingerprint density at radius 3 is 2.55 bits per heavy atom. The van der Waals surface area contributed by atoms with E-state index in [4.69, 9.17) is 5.73 Å². The van der Waals surface area contributed by atoms with Gasteiger partial charge < -0.3 is 10.6 Å². The number of nitrogens with zero attached hydrogens (tertiary/aromatic N) is 1. The Labute approximate surface area is 69.8 Å². The van der Waals surface area contributed by atoms with E-state index in [1.54, 1.807) is 0 Å². The minimum atomic E-state index is 0.502. The normalized spacial score (nSPS) is 31.6. The molecule has 0 aromatic rings. The first kappa shape index (κ1) is 9.01. The van der Waals surface area contributed by atoms with Crippen molar-refractivity contribution in [3.05, 3.63) is 0 Å². The van der Waals surface area contributed by atoms with Gasteiger partial charge in [0.2, 0.25) is 0 Å². The van der Waals surface area contributed by atoms with E-state index in [9.17, 15) is 0 Å². The van der Waals surface area contributed by atoms with Gasteiger partial charge in [0, 0.05) is 6.04 Å². The van der Waals surface area contributed by atoms with Crippen LogP contribution in [0, 0.1) is 5.92 Å². The summed E-state index contributed by atoms with van der Waals surface area (Å²) in [6.07, 6.45) is 5.20. The molecule has 0 saturated heterocycles. The van der Waals surface area contributed by atoms with Gasteiger partial charge in [-0.2, -0.15) is 0 Å². The average Bonchev–Trinajstić information content (AvgIpc) is 2.31. The lowest BCUT2D eigenvalue weighted by Gasteiger charge is -2.13. The number of hydrogen-bond donors (Lipinski definition) is 1. The van der Waals surface area contributed by atoms with Crippen LogP contribution < -0.4 is 5.73 Å². The third-order valence-corrected chi connectivity index (χ3v) is 2.57. The third-order valence-electron chi connectivity index (χ3n) is 2.57. The van der Waals surface area contributed by atoms with E-state index in [-0.39, 0.29) is 0 Å². The molecule has 1 saturated carbocycles. The number of nitrogens with two attached hydrogens (primary N) is 1. The van der Waals surface area contributed by atoms with Crippen molar-refractivity contribution in [2.24, 2.45) is 11.7 Å². The Morgan fingerprint density at radius 2 is 2.09 bits per heavy atom. The van der Waals surface area contributed by atoms with Crippen molar-refractivity contribution >= 4 is 0 Å². The third kappa shape index (κ3) is 3.21. The van der Waals surface area contributed by atoms with Gasteiger partial charge in [-0.3, -0.25) is 0 Å². The van der Waals surface area contributed by atoms with Gasteiger partial charge in [0.05, 0.1) is 0 Å². The van der Waals surface area contributed by atoms with E-state index in [2.05, 4.69) is 19.0 Å². The maximum absolute atomic E-state index is 5.82. The summed E-state index contributed by atoms with van der Waals surface area (Å²) in [6, 6.07) is 0.502. The smallest absolute Gasteiger partial charge is 0.00415 e. The molecule has 0 aromatic carbocycles. The summed E-state index contributed by atoms with van der Waals surface area (Å²) < 4.78 is 0. The second-order valence-corrected chi connectivity index (χ2v) is 4.03. The largest absolute Gasteiger partial charge is 0.328 e. The highest BCUT2D eigenvalue weighted by molar-refractivity contribution is 4.77. The topological polar surface area (TPSA) is 29.3 Å².